The Kier molecular flexibility index (Phi) is 2.78. The third kappa shape index (κ3) is 1.82. The van der Waals surface area contributed by atoms with Crippen LogP contribution in [0.3, 0.4) is 0 Å². The molecular weight excluding hydrogens is 287 g/mol. The summed E-state index contributed by atoms with van der Waals surface area (Å²) < 4.78 is 5.12. The highest BCUT2D eigenvalue weighted by molar-refractivity contribution is 6.42. The van der Waals surface area contributed by atoms with Crippen molar-refractivity contribution in [2.24, 2.45) is 0 Å². The molecule has 1 atom stereocenters. The largest absolute Gasteiger partial charge is 0.421 e. The maximum Gasteiger partial charge on any atom is 0.341 e. The molecule has 1 N–H and O–H groups in total. The van der Waals surface area contributed by atoms with Gasteiger partial charge in [0.15, 0.2) is 0 Å². The second-order valence-electron chi connectivity index (χ2n) is 4.21. The topological polar surface area (TPSA) is 46.5 Å². The van der Waals surface area contributed by atoms with E-state index in [1.807, 2.05) is 0 Å². The first-order valence-electron chi connectivity index (χ1n) is 5.53. The van der Waals surface area contributed by atoms with Crippen molar-refractivity contribution >= 4 is 29.2 Å². The van der Waals surface area contributed by atoms with E-state index in [2.05, 4.69) is 0 Å². The Morgan fingerprint density at radius 1 is 1.05 bits per heavy atom. The fourth-order valence-electron chi connectivity index (χ4n) is 2.12. The first kappa shape index (κ1) is 12.5. The van der Waals surface area contributed by atoms with Crippen molar-refractivity contribution < 1.29 is 14.6 Å². The van der Waals surface area contributed by atoms with E-state index in [-0.39, 0.29) is 5.02 Å². The highest BCUT2D eigenvalue weighted by atomic mass is 35.5. The lowest BCUT2D eigenvalue weighted by atomic mass is 9.96. The monoisotopic (exact) mass is 294 g/mol. The van der Waals surface area contributed by atoms with Crippen molar-refractivity contribution in [1.29, 1.82) is 0 Å². The molecule has 3 rings (SSSR count). The highest BCUT2D eigenvalue weighted by Gasteiger charge is 2.45. The second-order valence-corrected chi connectivity index (χ2v) is 5.02. The van der Waals surface area contributed by atoms with Crippen molar-refractivity contribution in [3.63, 3.8) is 0 Å². The zero-order valence-electron chi connectivity index (χ0n) is 9.56. The molecule has 0 spiro atoms. The number of hydrogen-bond acceptors (Lipinski definition) is 3. The quantitative estimate of drug-likeness (QED) is 0.821. The van der Waals surface area contributed by atoms with Crippen molar-refractivity contribution in [2.75, 3.05) is 0 Å². The Bertz CT molecular complexity index is 684. The van der Waals surface area contributed by atoms with Gasteiger partial charge in [-0.05, 0) is 18.2 Å². The Balaban J connectivity index is 2.19. The number of carbonyl (C=O) groups excluding carboxylic acids is 1. The zero-order valence-corrected chi connectivity index (χ0v) is 11.1. The van der Waals surface area contributed by atoms with Crippen LogP contribution in [0.2, 0.25) is 10.0 Å². The molecule has 1 aliphatic rings. The molecule has 19 heavy (non-hydrogen) atoms. The number of benzene rings is 2. The molecule has 3 nitrogen and oxygen atoms in total. The van der Waals surface area contributed by atoms with Gasteiger partial charge in [-0.1, -0.05) is 47.5 Å². The molecule has 0 saturated heterocycles. The Labute approximate surface area is 119 Å². The van der Waals surface area contributed by atoms with Crippen LogP contribution in [0, 0.1) is 0 Å². The normalized spacial score (nSPS) is 21.1. The number of esters is 1. The van der Waals surface area contributed by atoms with E-state index >= 15 is 0 Å². The molecule has 0 saturated carbocycles. The molecule has 0 aliphatic carbocycles. The van der Waals surface area contributed by atoms with Crippen LogP contribution in [0.15, 0.2) is 42.5 Å². The molecule has 0 amide bonds. The molecule has 0 bridgehead atoms. The molecule has 96 valence electrons. The van der Waals surface area contributed by atoms with E-state index in [4.69, 9.17) is 27.9 Å². The first-order chi connectivity index (χ1) is 9.02. The van der Waals surface area contributed by atoms with Crippen molar-refractivity contribution in [1.82, 2.24) is 0 Å². The minimum Gasteiger partial charge on any atom is -0.421 e. The van der Waals surface area contributed by atoms with Gasteiger partial charge in [0.2, 0.25) is 0 Å². The third-order valence-corrected chi connectivity index (χ3v) is 3.80. The van der Waals surface area contributed by atoms with E-state index in [9.17, 15) is 9.90 Å². The average Bonchev–Trinajstić information content (AvgIpc) is 2.67. The number of rotatable bonds is 1. The van der Waals surface area contributed by atoms with Crippen LogP contribution >= 0.6 is 23.2 Å². The minimum absolute atomic E-state index is 0.285. The SMILES string of the molecule is O=C1OC(O)(c2ccc(Cl)c(Cl)c2)c2ccccc21. The first-order valence-corrected chi connectivity index (χ1v) is 6.29. The fourth-order valence-corrected chi connectivity index (χ4v) is 2.42. The number of aliphatic hydroxyl groups is 1. The molecule has 0 radical (unpaired) electrons. The predicted molar refractivity (Wildman–Crippen MR) is 71.3 cm³/mol. The third-order valence-electron chi connectivity index (χ3n) is 3.06. The van der Waals surface area contributed by atoms with Crippen molar-refractivity contribution in [3.05, 3.63) is 69.2 Å². The van der Waals surface area contributed by atoms with Gasteiger partial charge in [0, 0.05) is 11.1 Å². The maximum absolute atomic E-state index is 11.8. The highest BCUT2D eigenvalue weighted by Crippen LogP contribution is 2.41. The number of hydrogen-bond donors (Lipinski definition) is 1. The van der Waals surface area contributed by atoms with E-state index in [0.29, 0.717) is 21.7 Å². The summed E-state index contributed by atoms with van der Waals surface area (Å²) in [7, 11) is 0. The summed E-state index contributed by atoms with van der Waals surface area (Å²) >= 11 is 11.8. The lowest BCUT2D eigenvalue weighted by Crippen LogP contribution is -2.27. The van der Waals surface area contributed by atoms with Gasteiger partial charge >= 0.3 is 5.97 Å². The van der Waals surface area contributed by atoms with Crippen LogP contribution in [0.25, 0.3) is 0 Å². The van der Waals surface area contributed by atoms with Crippen LogP contribution in [0.4, 0.5) is 0 Å². The van der Waals surface area contributed by atoms with Gasteiger partial charge in [-0.3, -0.25) is 0 Å². The summed E-state index contributed by atoms with van der Waals surface area (Å²) in [5.41, 5.74) is 1.11. The van der Waals surface area contributed by atoms with Gasteiger partial charge in [0.05, 0.1) is 15.6 Å². The van der Waals surface area contributed by atoms with Gasteiger partial charge in [0.25, 0.3) is 5.79 Å². The van der Waals surface area contributed by atoms with Crippen LogP contribution in [0.5, 0.6) is 0 Å². The van der Waals surface area contributed by atoms with Crippen LogP contribution < -0.4 is 0 Å². The zero-order chi connectivity index (χ0) is 13.6. The molecule has 0 fully saturated rings. The summed E-state index contributed by atoms with van der Waals surface area (Å²) in [5.74, 6) is -2.38. The van der Waals surface area contributed by atoms with Gasteiger partial charge < -0.3 is 9.84 Å². The summed E-state index contributed by atoms with van der Waals surface area (Å²) in [6, 6.07) is 11.3. The van der Waals surface area contributed by atoms with Crippen molar-refractivity contribution in [2.45, 2.75) is 5.79 Å². The van der Waals surface area contributed by atoms with E-state index in [1.165, 1.54) is 6.07 Å². The maximum atomic E-state index is 11.8. The summed E-state index contributed by atoms with van der Waals surface area (Å²) in [6.07, 6.45) is 0. The van der Waals surface area contributed by atoms with E-state index < -0.39 is 11.8 Å². The van der Waals surface area contributed by atoms with Crippen molar-refractivity contribution in [3.8, 4) is 0 Å². The molecule has 1 unspecified atom stereocenters. The molecular formula is C14H8Cl2O3. The summed E-state index contributed by atoms with van der Waals surface area (Å²) in [6.45, 7) is 0. The lowest BCUT2D eigenvalue weighted by Gasteiger charge is -2.23. The van der Waals surface area contributed by atoms with E-state index in [0.717, 1.165) is 0 Å². The Morgan fingerprint density at radius 3 is 2.53 bits per heavy atom. The van der Waals surface area contributed by atoms with Gasteiger partial charge in [0.1, 0.15) is 0 Å². The smallest absolute Gasteiger partial charge is 0.341 e. The van der Waals surface area contributed by atoms with Crippen LogP contribution in [-0.4, -0.2) is 11.1 Å². The van der Waals surface area contributed by atoms with Gasteiger partial charge in [-0.15, -0.1) is 0 Å². The van der Waals surface area contributed by atoms with Crippen LogP contribution in [0.1, 0.15) is 21.5 Å². The van der Waals surface area contributed by atoms with Gasteiger partial charge in [-0.2, -0.15) is 0 Å². The second kappa shape index (κ2) is 4.23. The fraction of sp³-hybridized carbons (Fsp3) is 0.0714. The summed E-state index contributed by atoms with van der Waals surface area (Å²) in [4.78, 5) is 11.8. The standard InChI is InChI=1S/C14H8Cl2O3/c15-11-6-5-8(7-12(11)16)14(18)10-4-2-1-3-9(10)13(17)19-14/h1-7,18H. The van der Waals surface area contributed by atoms with Gasteiger partial charge in [-0.25, -0.2) is 4.79 Å². The summed E-state index contributed by atoms with van der Waals surface area (Å²) in [5, 5.41) is 11.3. The van der Waals surface area contributed by atoms with Crippen LogP contribution in [-0.2, 0) is 10.5 Å². The number of halogens is 2. The number of ether oxygens (including phenoxy) is 1. The minimum atomic E-state index is -1.82. The van der Waals surface area contributed by atoms with E-state index in [1.54, 1.807) is 36.4 Å². The molecule has 1 heterocycles. The Morgan fingerprint density at radius 2 is 1.79 bits per heavy atom. The molecule has 2 aromatic carbocycles. The number of carbonyl (C=O) groups is 1. The number of fused-ring (bicyclic) bond motifs is 1. The lowest BCUT2D eigenvalue weighted by molar-refractivity contribution is -0.129. The Hall–Kier alpha value is -1.55. The average molecular weight is 295 g/mol. The molecule has 1 aliphatic heterocycles. The molecule has 5 heteroatoms. The molecule has 0 aromatic heterocycles. The molecule has 2 aromatic rings. The number of cyclic esters (lactones) is 1. The predicted octanol–water partition coefficient (Wildman–Crippen LogP) is 3.36.